The van der Waals surface area contributed by atoms with Crippen molar-refractivity contribution >= 4 is 28.4 Å². The van der Waals surface area contributed by atoms with Gasteiger partial charge in [0.05, 0.1) is 5.69 Å². The number of hydrogen-bond donors (Lipinski definition) is 2. The number of pyridine rings is 1. The SMILES string of the molecule is O=c1ccc2cnc(Nc3ccc(N4CCC(CCCO)CC4)c(F)c3)nc2n1[C@@H]1CC2CCC1C2. The molecule has 2 saturated carbocycles. The van der Waals surface area contributed by atoms with Crippen LogP contribution in [0.5, 0.6) is 0 Å². The molecule has 8 heteroatoms. The van der Waals surface area contributed by atoms with Crippen LogP contribution in [0.2, 0.25) is 0 Å². The highest BCUT2D eigenvalue weighted by atomic mass is 19.1. The maximum Gasteiger partial charge on any atom is 0.252 e. The summed E-state index contributed by atoms with van der Waals surface area (Å²) in [5.41, 5.74) is 1.84. The minimum Gasteiger partial charge on any atom is -0.396 e. The van der Waals surface area contributed by atoms with Crippen LogP contribution in [0, 0.1) is 23.6 Å². The van der Waals surface area contributed by atoms with Crippen molar-refractivity contribution in [2.75, 3.05) is 29.9 Å². The number of rotatable bonds is 7. The van der Waals surface area contributed by atoms with Gasteiger partial charge in [-0.2, -0.15) is 4.98 Å². The van der Waals surface area contributed by atoms with Gasteiger partial charge in [-0.05, 0) is 87.0 Å². The van der Waals surface area contributed by atoms with Crippen molar-refractivity contribution < 1.29 is 9.50 Å². The van der Waals surface area contributed by atoms with Crippen molar-refractivity contribution in [3.63, 3.8) is 0 Å². The van der Waals surface area contributed by atoms with Gasteiger partial charge in [0.1, 0.15) is 11.5 Å². The normalized spacial score (nSPS) is 24.1. The van der Waals surface area contributed by atoms with Crippen molar-refractivity contribution in [2.24, 2.45) is 17.8 Å². The van der Waals surface area contributed by atoms with Gasteiger partial charge in [-0.25, -0.2) is 9.37 Å². The van der Waals surface area contributed by atoms with Crippen LogP contribution in [-0.4, -0.2) is 39.3 Å². The Balaban J connectivity index is 1.20. The van der Waals surface area contributed by atoms with Gasteiger partial charge < -0.3 is 15.3 Å². The van der Waals surface area contributed by atoms with Crippen LogP contribution in [0.3, 0.4) is 0 Å². The van der Waals surface area contributed by atoms with E-state index in [0.717, 1.165) is 56.5 Å². The van der Waals surface area contributed by atoms with Gasteiger partial charge in [-0.15, -0.1) is 0 Å². The average Bonchev–Trinajstić information content (AvgIpc) is 3.52. The minimum absolute atomic E-state index is 0.0137. The molecule has 2 N–H and O–H groups in total. The first-order chi connectivity index (χ1) is 17.6. The van der Waals surface area contributed by atoms with E-state index in [9.17, 15) is 4.79 Å². The summed E-state index contributed by atoms with van der Waals surface area (Å²) in [6.07, 6.45) is 10.4. The summed E-state index contributed by atoms with van der Waals surface area (Å²) in [5, 5.41) is 13.0. The van der Waals surface area contributed by atoms with Gasteiger partial charge in [0, 0.05) is 49.1 Å². The summed E-state index contributed by atoms with van der Waals surface area (Å²) >= 11 is 0. The number of anilines is 3. The molecule has 6 rings (SSSR count). The standard InChI is InChI=1S/C28H34FN5O2/c29-23-16-22(6-7-24(23)33-11-9-18(10-12-33)2-1-13-35)31-28-30-17-21-5-8-26(36)34(27(21)32-28)25-15-19-3-4-20(25)14-19/h5-8,16-20,25,35H,1-4,9-15H2,(H,30,31,32)/t19?,20?,25-/m1/s1. The van der Waals surface area contributed by atoms with E-state index in [-0.39, 0.29) is 24.0 Å². The molecule has 3 aromatic rings. The number of piperidine rings is 1. The molecule has 3 aliphatic rings. The molecule has 2 unspecified atom stereocenters. The first-order valence-electron chi connectivity index (χ1n) is 13.4. The molecule has 2 aromatic heterocycles. The molecule has 7 nitrogen and oxygen atoms in total. The third-order valence-corrected chi connectivity index (χ3v) is 8.63. The lowest BCUT2D eigenvalue weighted by Gasteiger charge is -2.34. The Morgan fingerprint density at radius 2 is 1.94 bits per heavy atom. The Bertz CT molecular complexity index is 1300. The Labute approximate surface area is 210 Å². The van der Waals surface area contributed by atoms with E-state index >= 15 is 4.39 Å². The lowest BCUT2D eigenvalue weighted by Crippen LogP contribution is -2.34. The quantitative estimate of drug-likeness (QED) is 0.483. The number of fused-ring (bicyclic) bond motifs is 3. The Morgan fingerprint density at radius 1 is 1.08 bits per heavy atom. The monoisotopic (exact) mass is 491 g/mol. The third-order valence-electron chi connectivity index (χ3n) is 8.63. The smallest absolute Gasteiger partial charge is 0.252 e. The summed E-state index contributed by atoms with van der Waals surface area (Å²) < 4.78 is 17.0. The van der Waals surface area contributed by atoms with Crippen LogP contribution in [0.4, 0.5) is 21.7 Å². The Morgan fingerprint density at radius 3 is 2.67 bits per heavy atom. The number of aliphatic hydroxyl groups is 1. The third kappa shape index (κ3) is 4.47. The van der Waals surface area contributed by atoms with Crippen LogP contribution < -0.4 is 15.8 Å². The highest BCUT2D eigenvalue weighted by molar-refractivity contribution is 5.76. The maximum absolute atomic E-state index is 15.1. The zero-order chi connectivity index (χ0) is 24.6. The van der Waals surface area contributed by atoms with E-state index in [0.29, 0.717) is 34.8 Å². The fourth-order valence-electron chi connectivity index (χ4n) is 6.76. The molecule has 3 heterocycles. The molecule has 2 aliphatic carbocycles. The van der Waals surface area contributed by atoms with Gasteiger partial charge in [-0.1, -0.05) is 6.42 Å². The fraction of sp³-hybridized carbons (Fsp3) is 0.536. The van der Waals surface area contributed by atoms with E-state index in [4.69, 9.17) is 10.1 Å². The number of benzene rings is 1. The van der Waals surface area contributed by atoms with Crippen LogP contribution in [-0.2, 0) is 0 Å². The zero-order valence-electron chi connectivity index (χ0n) is 20.6. The summed E-state index contributed by atoms with van der Waals surface area (Å²) in [7, 11) is 0. The van der Waals surface area contributed by atoms with Gasteiger partial charge in [-0.3, -0.25) is 9.36 Å². The summed E-state index contributed by atoms with van der Waals surface area (Å²) in [4.78, 5) is 24.2. The average molecular weight is 492 g/mol. The largest absolute Gasteiger partial charge is 0.396 e. The second-order valence-electron chi connectivity index (χ2n) is 10.8. The molecule has 190 valence electrons. The van der Waals surface area contributed by atoms with Gasteiger partial charge in [0.25, 0.3) is 5.56 Å². The van der Waals surface area contributed by atoms with E-state index in [1.54, 1.807) is 18.3 Å². The van der Waals surface area contributed by atoms with Crippen LogP contribution in [0.15, 0.2) is 41.3 Å². The molecule has 0 amide bonds. The number of aliphatic hydroxyl groups excluding tert-OH is 1. The molecule has 0 spiro atoms. The summed E-state index contributed by atoms with van der Waals surface area (Å²) in [5.74, 6) is 1.97. The highest BCUT2D eigenvalue weighted by Gasteiger charge is 2.41. The van der Waals surface area contributed by atoms with Crippen molar-refractivity contribution in [1.82, 2.24) is 14.5 Å². The highest BCUT2D eigenvalue weighted by Crippen LogP contribution is 2.50. The van der Waals surface area contributed by atoms with Crippen molar-refractivity contribution in [3.05, 3.63) is 52.7 Å². The van der Waals surface area contributed by atoms with Gasteiger partial charge in [0.15, 0.2) is 0 Å². The zero-order valence-corrected chi connectivity index (χ0v) is 20.6. The molecule has 1 aromatic carbocycles. The van der Waals surface area contributed by atoms with E-state index in [1.165, 1.54) is 25.3 Å². The Hall–Kier alpha value is -3.00. The molecule has 3 atom stereocenters. The van der Waals surface area contributed by atoms with E-state index in [2.05, 4.69) is 15.2 Å². The predicted molar refractivity (Wildman–Crippen MR) is 139 cm³/mol. The van der Waals surface area contributed by atoms with E-state index < -0.39 is 0 Å². The van der Waals surface area contributed by atoms with Crippen molar-refractivity contribution in [3.8, 4) is 0 Å². The number of hydrogen-bond acceptors (Lipinski definition) is 6. The summed E-state index contributed by atoms with van der Waals surface area (Å²) in [6, 6.07) is 8.78. The fourth-order valence-corrected chi connectivity index (χ4v) is 6.76. The minimum atomic E-state index is -0.270. The molecule has 1 saturated heterocycles. The summed E-state index contributed by atoms with van der Waals surface area (Å²) in [6.45, 7) is 1.89. The van der Waals surface area contributed by atoms with Crippen LogP contribution in [0.1, 0.15) is 57.4 Å². The Kier molecular flexibility index (Phi) is 6.37. The molecular weight excluding hydrogens is 457 g/mol. The second-order valence-corrected chi connectivity index (χ2v) is 10.8. The lowest BCUT2D eigenvalue weighted by molar-refractivity contribution is 0.261. The molecule has 0 radical (unpaired) electrons. The molecular formula is C28H34FN5O2. The molecule has 3 fully saturated rings. The number of aromatic nitrogens is 3. The van der Waals surface area contributed by atoms with E-state index in [1.807, 2.05) is 16.7 Å². The maximum atomic E-state index is 15.1. The second kappa shape index (κ2) is 9.81. The number of nitrogens with zero attached hydrogens (tertiary/aromatic N) is 4. The number of nitrogens with one attached hydrogen (secondary N) is 1. The lowest BCUT2D eigenvalue weighted by atomic mass is 9.92. The van der Waals surface area contributed by atoms with Gasteiger partial charge in [0.2, 0.25) is 5.95 Å². The molecule has 36 heavy (non-hydrogen) atoms. The molecule has 1 aliphatic heterocycles. The van der Waals surface area contributed by atoms with Crippen LogP contribution in [0.25, 0.3) is 11.0 Å². The predicted octanol–water partition coefficient (Wildman–Crippen LogP) is 5.02. The van der Waals surface area contributed by atoms with Crippen molar-refractivity contribution in [1.29, 1.82) is 0 Å². The number of halogens is 1. The first kappa shape index (κ1) is 23.4. The topological polar surface area (TPSA) is 83.3 Å². The van der Waals surface area contributed by atoms with Gasteiger partial charge >= 0.3 is 0 Å². The van der Waals surface area contributed by atoms with Crippen LogP contribution >= 0.6 is 0 Å². The first-order valence-corrected chi connectivity index (χ1v) is 13.4. The molecule has 2 bridgehead atoms. The van der Waals surface area contributed by atoms with Crippen molar-refractivity contribution in [2.45, 2.75) is 57.4 Å².